The molecule has 18 heavy (non-hydrogen) atoms. The van der Waals surface area contributed by atoms with Crippen molar-refractivity contribution in [2.45, 2.75) is 0 Å². The summed E-state index contributed by atoms with van der Waals surface area (Å²) in [5.74, 6) is -0.120. The summed E-state index contributed by atoms with van der Waals surface area (Å²) in [5.41, 5.74) is 11.4. The van der Waals surface area contributed by atoms with Crippen molar-refractivity contribution in [3.05, 3.63) is 33.9 Å². The summed E-state index contributed by atoms with van der Waals surface area (Å²) in [4.78, 5) is 12.2. The second-order valence-corrected chi connectivity index (χ2v) is 3.71. The van der Waals surface area contributed by atoms with Gasteiger partial charge in [-0.1, -0.05) is 0 Å². The molecule has 0 bridgehead atoms. The number of nitrogens with two attached hydrogens (primary N) is 2. The number of rotatable bonds is 4. The molecule has 1 rings (SSSR count). The van der Waals surface area contributed by atoms with Crippen molar-refractivity contribution in [2.24, 2.45) is 16.6 Å². The number of benzene rings is 1. The van der Waals surface area contributed by atoms with Crippen molar-refractivity contribution >= 4 is 23.5 Å². The van der Waals surface area contributed by atoms with E-state index in [2.05, 4.69) is 10.2 Å². The van der Waals surface area contributed by atoms with Crippen LogP contribution in [0.3, 0.4) is 0 Å². The third-order valence-electron chi connectivity index (χ3n) is 2.10. The van der Waals surface area contributed by atoms with Gasteiger partial charge in [0, 0.05) is 30.8 Å². The van der Waals surface area contributed by atoms with Crippen LogP contribution in [-0.2, 0) is 0 Å². The SMILES string of the molecule is CN(C)c1ccc(/C=[NH+]\N=C(N)N)cc1[N+](=O)[O-]. The number of nitro groups is 1. The first-order chi connectivity index (χ1) is 8.41. The minimum atomic E-state index is -0.437. The van der Waals surface area contributed by atoms with Crippen LogP contribution < -0.4 is 21.5 Å². The molecule has 8 nitrogen and oxygen atoms in total. The Labute approximate surface area is 104 Å². The van der Waals surface area contributed by atoms with E-state index in [1.807, 2.05) is 0 Å². The van der Waals surface area contributed by atoms with Crippen LogP contribution in [0.2, 0.25) is 0 Å². The third kappa shape index (κ3) is 3.44. The topological polar surface area (TPSA) is 125 Å². The van der Waals surface area contributed by atoms with Crippen molar-refractivity contribution in [2.75, 3.05) is 19.0 Å². The molecule has 0 aliphatic rings. The molecule has 0 aromatic heterocycles. The Morgan fingerprint density at radius 1 is 1.50 bits per heavy atom. The molecule has 0 radical (unpaired) electrons. The van der Waals surface area contributed by atoms with Crippen molar-refractivity contribution < 1.29 is 10.0 Å². The van der Waals surface area contributed by atoms with Crippen molar-refractivity contribution in [1.82, 2.24) is 0 Å². The molecule has 1 aromatic rings. The van der Waals surface area contributed by atoms with E-state index in [1.54, 1.807) is 31.1 Å². The van der Waals surface area contributed by atoms with Gasteiger partial charge in [-0.15, -0.1) is 5.10 Å². The average Bonchev–Trinajstić information content (AvgIpc) is 2.28. The van der Waals surface area contributed by atoms with Gasteiger partial charge in [0.25, 0.3) is 11.6 Å². The predicted molar refractivity (Wildman–Crippen MR) is 69.4 cm³/mol. The Balaban J connectivity index is 3.12. The van der Waals surface area contributed by atoms with Gasteiger partial charge in [0.2, 0.25) is 6.21 Å². The highest BCUT2D eigenvalue weighted by Gasteiger charge is 2.16. The van der Waals surface area contributed by atoms with Crippen LogP contribution in [0.4, 0.5) is 11.4 Å². The molecule has 8 heteroatoms. The van der Waals surface area contributed by atoms with Gasteiger partial charge in [-0.2, -0.15) is 0 Å². The van der Waals surface area contributed by atoms with Gasteiger partial charge in [-0.3, -0.25) is 10.1 Å². The van der Waals surface area contributed by atoms with Gasteiger partial charge in [-0.05, 0) is 12.1 Å². The van der Waals surface area contributed by atoms with E-state index in [9.17, 15) is 10.1 Å². The molecule has 0 heterocycles. The average molecular weight is 251 g/mol. The second kappa shape index (κ2) is 5.62. The highest BCUT2D eigenvalue weighted by atomic mass is 16.6. The van der Waals surface area contributed by atoms with Crippen LogP contribution in [0.25, 0.3) is 0 Å². The predicted octanol–water partition coefficient (Wildman–Crippen LogP) is -1.65. The summed E-state index contributed by atoms with van der Waals surface area (Å²) in [5, 5.41) is 17.0. The van der Waals surface area contributed by atoms with Gasteiger partial charge >= 0.3 is 0 Å². The number of nitrogens with zero attached hydrogens (tertiary/aromatic N) is 3. The lowest BCUT2D eigenvalue weighted by Crippen LogP contribution is -2.63. The van der Waals surface area contributed by atoms with Crippen LogP contribution >= 0.6 is 0 Å². The fraction of sp³-hybridized carbons (Fsp3) is 0.200. The Hall–Kier alpha value is -2.64. The van der Waals surface area contributed by atoms with Crippen LogP contribution in [0.15, 0.2) is 23.3 Å². The summed E-state index contributed by atoms with van der Waals surface area (Å²) < 4.78 is 0. The standard InChI is InChI=1S/C10H14N6O2/c1-15(2)8-4-3-7(5-9(8)16(17)18)6-13-14-10(11)12/h3-6H,1-2H3,(H4,11,12,14)/p+1/b13-6-. The number of nitro benzene ring substituents is 1. The van der Waals surface area contributed by atoms with Crippen LogP contribution in [0.1, 0.15) is 5.56 Å². The fourth-order valence-corrected chi connectivity index (χ4v) is 1.34. The number of guanidine groups is 1. The molecule has 0 aliphatic heterocycles. The van der Waals surface area contributed by atoms with Gasteiger partial charge in [0.1, 0.15) is 5.69 Å². The number of hydrogen-bond acceptors (Lipinski definition) is 4. The molecule has 0 amide bonds. The first kappa shape index (κ1) is 13.4. The summed E-state index contributed by atoms with van der Waals surface area (Å²) in [6, 6.07) is 4.81. The van der Waals surface area contributed by atoms with E-state index in [0.29, 0.717) is 11.3 Å². The van der Waals surface area contributed by atoms with E-state index in [1.165, 1.54) is 12.3 Å². The molecule has 0 aliphatic carbocycles. The smallest absolute Gasteiger partial charge is 0.293 e. The highest BCUT2D eigenvalue weighted by molar-refractivity contribution is 5.80. The number of hydrogen-bond donors (Lipinski definition) is 3. The van der Waals surface area contributed by atoms with Crippen molar-refractivity contribution in [3.63, 3.8) is 0 Å². The quantitative estimate of drug-likeness (QED) is 0.256. The van der Waals surface area contributed by atoms with Gasteiger partial charge in [-0.25, -0.2) is 0 Å². The highest BCUT2D eigenvalue weighted by Crippen LogP contribution is 2.26. The van der Waals surface area contributed by atoms with E-state index in [4.69, 9.17) is 11.5 Å². The van der Waals surface area contributed by atoms with Gasteiger partial charge < -0.3 is 16.4 Å². The van der Waals surface area contributed by atoms with Crippen LogP contribution in [0.5, 0.6) is 0 Å². The summed E-state index contributed by atoms with van der Waals surface area (Å²) in [6.07, 6.45) is 1.46. The number of anilines is 1. The molecule has 0 saturated heterocycles. The minimum absolute atomic E-state index is 0.0141. The van der Waals surface area contributed by atoms with Gasteiger partial charge in [0.05, 0.1) is 4.92 Å². The lowest BCUT2D eigenvalue weighted by molar-refractivity contribution is -0.456. The Kier molecular flexibility index (Phi) is 4.19. The molecule has 0 unspecified atom stereocenters. The Morgan fingerprint density at radius 3 is 2.67 bits per heavy atom. The fourth-order valence-electron chi connectivity index (χ4n) is 1.34. The zero-order valence-electron chi connectivity index (χ0n) is 10.1. The molecule has 96 valence electrons. The van der Waals surface area contributed by atoms with E-state index < -0.39 is 4.92 Å². The van der Waals surface area contributed by atoms with E-state index >= 15 is 0 Å². The second-order valence-electron chi connectivity index (χ2n) is 3.71. The number of hydrazone groups is 1. The molecule has 0 fully saturated rings. The molecule has 0 atom stereocenters. The molecule has 0 saturated carbocycles. The summed E-state index contributed by atoms with van der Waals surface area (Å²) in [7, 11) is 3.48. The van der Waals surface area contributed by atoms with E-state index in [-0.39, 0.29) is 11.6 Å². The molecular weight excluding hydrogens is 236 g/mol. The maximum Gasteiger partial charge on any atom is 0.293 e. The molecule has 1 aromatic carbocycles. The zero-order valence-corrected chi connectivity index (χ0v) is 10.1. The van der Waals surface area contributed by atoms with E-state index in [0.717, 1.165) is 0 Å². The lowest BCUT2D eigenvalue weighted by Gasteiger charge is -2.12. The minimum Gasteiger partial charge on any atom is -0.372 e. The largest absolute Gasteiger partial charge is 0.372 e. The molecular formula is C10H15N6O2+. The molecule has 5 N–H and O–H groups in total. The Morgan fingerprint density at radius 2 is 2.17 bits per heavy atom. The van der Waals surface area contributed by atoms with Crippen LogP contribution in [0, 0.1) is 10.1 Å². The molecule has 0 spiro atoms. The maximum absolute atomic E-state index is 10.9. The number of nitrogens with one attached hydrogen (secondary N) is 1. The summed E-state index contributed by atoms with van der Waals surface area (Å²) in [6.45, 7) is 0. The third-order valence-corrected chi connectivity index (χ3v) is 2.10. The first-order valence-corrected chi connectivity index (χ1v) is 5.05. The van der Waals surface area contributed by atoms with Crippen molar-refractivity contribution in [1.29, 1.82) is 0 Å². The summed E-state index contributed by atoms with van der Waals surface area (Å²) >= 11 is 0. The Bertz CT molecular complexity index is 505. The van der Waals surface area contributed by atoms with Gasteiger partial charge in [0.15, 0.2) is 0 Å². The monoisotopic (exact) mass is 251 g/mol. The normalized spacial score (nSPS) is 10.3. The maximum atomic E-state index is 10.9. The lowest BCUT2D eigenvalue weighted by atomic mass is 10.2. The zero-order chi connectivity index (χ0) is 13.7. The first-order valence-electron chi connectivity index (χ1n) is 5.05. The van der Waals surface area contributed by atoms with Crippen molar-refractivity contribution in [3.8, 4) is 0 Å². The van der Waals surface area contributed by atoms with Crippen LogP contribution in [-0.4, -0.2) is 31.2 Å².